The lowest BCUT2D eigenvalue weighted by molar-refractivity contribution is 0.0743. The summed E-state index contributed by atoms with van der Waals surface area (Å²) in [6.45, 7) is 2.14. The molecule has 3 aromatic rings. The number of amides is 1. The number of hydrogen-bond donors (Lipinski definition) is 0. The summed E-state index contributed by atoms with van der Waals surface area (Å²) < 4.78 is 27.2. The molecular formula is C19H18F2N6OS. The van der Waals surface area contributed by atoms with Crippen LogP contribution in [0.5, 0.6) is 0 Å². The van der Waals surface area contributed by atoms with Gasteiger partial charge in [-0.2, -0.15) is 13.9 Å². The van der Waals surface area contributed by atoms with E-state index >= 15 is 0 Å². The number of piperazine rings is 1. The number of carbonyl (C=O) groups excluding carboxylic acids is 1. The largest absolute Gasteiger partial charge is 0.352 e. The molecule has 1 amide bonds. The van der Waals surface area contributed by atoms with Crippen LogP contribution in [0.15, 0.2) is 59.8 Å². The molecule has 29 heavy (non-hydrogen) atoms. The third kappa shape index (κ3) is 4.37. The molecule has 3 heterocycles. The summed E-state index contributed by atoms with van der Waals surface area (Å²) in [6.07, 6.45) is 3.46. The highest BCUT2D eigenvalue weighted by atomic mass is 32.2. The van der Waals surface area contributed by atoms with E-state index in [0.717, 1.165) is 5.82 Å². The fraction of sp³-hybridized carbons (Fsp3) is 0.263. The van der Waals surface area contributed by atoms with Gasteiger partial charge >= 0.3 is 0 Å². The third-order valence-electron chi connectivity index (χ3n) is 4.60. The molecule has 0 atom stereocenters. The van der Waals surface area contributed by atoms with E-state index in [4.69, 9.17) is 0 Å². The number of thioether (sulfide) groups is 1. The van der Waals surface area contributed by atoms with Gasteiger partial charge in [-0.15, -0.1) is 10.2 Å². The molecule has 2 aromatic heterocycles. The zero-order chi connectivity index (χ0) is 20.2. The lowest BCUT2D eigenvalue weighted by Crippen LogP contribution is -2.49. The number of alkyl halides is 2. The van der Waals surface area contributed by atoms with Gasteiger partial charge in [-0.1, -0.05) is 23.9 Å². The average Bonchev–Trinajstić information content (AvgIpc) is 3.28. The smallest absolute Gasteiger partial charge is 0.288 e. The molecule has 4 rings (SSSR count). The van der Waals surface area contributed by atoms with Crippen molar-refractivity contribution in [1.29, 1.82) is 0 Å². The second-order valence-electron chi connectivity index (χ2n) is 6.35. The molecular weight excluding hydrogens is 398 g/mol. The topological polar surface area (TPSA) is 67.2 Å². The maximum Gasteiger partial charge on any atom is 0.288 e. The molecule has 0 aliphatic carbocycles. The molecule has 1 saturated heterocycles. The van der Waals surface area contributed by atoms with Crippen molar-refractivity contribution in [2.75, 3.05) is 31.1 Å². The van der Waals surface area contributed by atoms with Gasteiger partial charge in [-0.3, -0.25) is 4.79 Å². The quantitative estimate of drug-likeness (QED) is 0.596. The SMILES string of the molecule is O=C(c1ccccc1SC(F)F)N1CCN(c2ccc(-n3cccn3)nn2)CC1. The summed E-state index contributed by atoms with van der Waals surface area (Å²) in [6, 6.07) is 12.0. The maximum atomic E-state index is 12.8. The summed E-state index contributed by atoms with van der Waals surface area (Å²) in [5.41, 5.74) is 0.314. The van der Waals surface area contributed by atoms with Crippen LogP contribution in [-0.4, -0.2) is 62.7 Å². The molecule has 0 spiro atoms. The van der Waals surface area contributed by atoms with Crippen molar-refractivity contribution in [3.05, 3.63) is 60.4 Å². The van der Waals surface area contributed by atoms with Gasteiger partial charge in [0.2, 0.25) is 0 Å². The Labute approximate surface area is 170 Å². The number of nitrogens with zero attached hydrogens (tertiary/aromatic N) is 6. The second kappa shape index (κ2) is 8.56. The van der Waals surface area contributed by atoms with E-state index in [1.54, 1.807) is 46.2 Å². The van der Waals surface area contributed by atoms with Crippen LogP contribution in [0.3, 0.4) is 0 Å². The van der Waals surface area contributed by atoms with Crippen molar-refractivity contribution in [3.8, 4) is 5.82 Å². The Hall–Kier alpha value is -3.01. The summed E-state index contributed by atoms with van der Waals surface area (Å²) in [5.74, 6) is -1.44. The molecule has 150 valence electrons. The second-order valence-corrected chi connectivity index (χ2v) is 7.39. The number of anilines is 1. The van der Waals surface area contributed by atoms with Crippen molar-refractivity contribution in [3.63, 3.8) is 0 Å². The van der Waals surface area contributed by atoms with E-state index in [0.29, 0.717) is 54.2 Å². The number of halogens is 2. The van der Waals surface area contributed by atoms with E-state index in [1.807, 2.05) is 23.1 Å². The Morgan fingerprint density at radius 2 is 1.69 bits per heavy atom. The van der Waals surface area contributed by atoms with E-state index in [1.165, 1.54) is 0 Å². The van der Waals surface area contributed by atoms with Crippen LogP contribution in [0.4, 0.5) is 14.6 Å². The third-order valence-corrected chi connectivity index (χ3v) is 5.39. The van der Waals surface area contributed by atoms with Crippen LogP contribution in [0.2, 0.25) is 0 Å². The Bertz CT molecular complexity index is 959. The van der Waals surface area contributed by atoms with Crippen molar-refractivity contribution in [2.24, 2.45) is 0 Å². The number of carbonyl (C=O) groups is 1. The van der Waals surface area contributed by atoms with E-state index in [-0.39, 0.29) is 5.91 Å². The van der Waals surface area contributed by atoms with Crippen LogP contribution < -0.4 is 4.90 Å². The van der Waals surface area contributed by atoms with Gasteiger partial charge in [-0.05, 0) is 30.3 Å². The van der Waals surface area contributed by atoms with Crippen LogP contribution in [-0.2, 0) is 0 Å². The van der Waals surface area contributed by atoms with Crippen LogP contribution in [0, 0.1) is 0 Å². The van der Waals surface area contributed by atoms with Crippen molar-refractivity contribution in [2.45, 2.75) is 10.7 Å². The first-order valence-electron chi connectivity index (χ1n) is 9.03. The lowest BCUT2D eigenvalue weighted by atomic mass is 10.2. The van der Waals surface area contributed by atoms with E-state index < -0.39 is 5.76 Å². The molecule has 1 aliphatic heterocycles. The predicted octanol–water partition coefficient (Wildman–Crippen LogP) is 2.94. The maximum absolute atomic E-state index is 12.8. The highest BCUT2D eigenvalue weighted by Crippen LogP contribution is 2.29. The van der Waals surface area contributed by atoms with Crippen LogP contribution in [0.25, 0.3) is 5.82 Å². The fourth-order valence-electron chi connectivity index (χ4n) is 3.16. The Balaban J connectivity index is 1.40. The summed E-state index contributed by atoms with van der Waals surface area (Å²) in [4.78, 5) is 16.9. The lowest BCUT2D eigenvalue weighted by Gasteiger charge is -2.35. The highest BCUT2D eigenvalue weighted by molar-refractivity contribution is 7.99. The number of hydrogen-bond acceptors (Lipinski definition) is 6. The van der Waals surface area contributed by atoms with Crippen LogP contribution >= 0.6 is 11.8 Å². The molecule has 1 aromatic carbocycles. The molecule has 0 saturated carbocycles. The Morgan fingerprint density at radius 3 is 2.34 bits per heavy atom. The van der Waals surface area contributed by atoms with Gasteiger partial charge < -0.3 is 9.80 Å². The zero-order valence-electron chi connectivity index (χ0n) is 15.4. The van der Waals surface area contributed by atoms with E-state index in [9.17, 15) is 13.6 Å². The molecule has 7 nitrogen and oxygen atoms in total. The molecule has 1 fully saturated rings. The highest BCUT2D eigenvalue weighted by Gasteiger charge is 2.25. The minimum absolute atomic E-state index is 0.228. The minimum Gasteiger partial charge on any atom is -0.352 e. The minimum atomic E-state index is -2.57. The van der Waals surface area contributed by atoms with Gasteiger partial charge in [0.05, 0.1) is 5.56 Å². The van der Waals surface area contributed by atoms with Crippen LogP contribution in [0.1, 0.15) is 10.4 Å². The first-order chi connectivity index (χ1) is 14.1. The monoisotopic (exact) mass is 416 g/mol. The molecule has 0 unspecified atom stereocenters. The fourth-order valence-corrected chi connectivity index (χ4v) is 3.80. The first kappa shape index (κ1) is 19.3. The summed E-state index contributed by atoms with van der Waals surface area (Å²) >= 11 is 0.398. The molecule has 1 aliphatic rings. The molecule has 10 heteroatoms. The summed E-state index contributed by atoms with van der Waals surface area (Å²) in [5, 5.41) is 12.6. The zero-order valence-corrected chi connectivity index (χ0v) is 16.2. The normalized spacial score (nSPS) is 14.4. The number of benzene rings is 1. The Kier molecular flexibility index (Phi) is 5.70. The molecule has 0 radical (unpaired) electrons. The number of rotatable bonds is 5. The van der Waals surface area contributed by atoms with Crippen molar-refractivity contribution >= 4 is 23.5 Å². The standard InChI is InChI=1S/C19H18F2N6OS/c20-19(21)29-15-5-2-1-4-14(15)18(28)26-12-10-25(11-13-26)16-6-7-17(24-23-16)27-9-3-8-22-27/h1-9,19H,10-13H2. The van der Waals surface area contributed by atoms with Gasteiger partial charge in [-0.25, -0.2) is 4.68 Å². The van der Waals surface area contributed by atoms with Gasteiger partial charge in [0.15, 0.2) is 11.6 Å². The molecule has 0 N–H and O–H groups in total. The van der Waals surface area contributed by atoms with Gasteiger partial charge in [0.1, 0.15) is 0 Å². The summed E-state index contributed by atoms with van der Waals surface area (Å²) in [7, 11) is 0. The number of aromatic nitrogens is 4. The van der Waals surface area contributed by atoms with Gasteiger partial charge in [0.25, 0.3) is 11.7 Å². The molecule has 0 bridgehead atoms. The first-order valence-corrected chi connectivity index (χ1v) is 9.91. The van der Waals surface area contributed by atoms with E-state index in [2.05, 4.69) is 15.3 Å². The van der Waals surface area contributed by atoms with Crippen molar-refractivity contribution < 1.29 is 13.6 Å². The van der Waals surface area contributed by atoms with Crippen molar-refractivity contribution in [1.82, 2.24) is 24.9 Å². The predicted molar refractivity (Wildman–Crippen MR) is 106 cm³/mol. The average molecular weight is 416 g/mol. The van der Waals surface area contributed by atoms with Gasteiger partial charge in [0, 0.05) is 43.5 Å². The Morgan fingerprint density at radius 1 is 0.966 bits per heavy atom.